The molecule has 15 heavy (non-hydrogen) atoms. The Labute approximate surface area is 87.5 Å². The summed E-state index contributed by atoms with van der Waals surface area (Å²) in [5, 5.41) is 2.68. The van der Waals surface area contributed by atoms with Crippen molar-refractivity contribution in [2.45, 2.75) is 19.4 Å². The highest BCUT2D eigenvalue weighted by molar-refractivity contribution is 5.95. The van der Waals surface area contributed by atoms with Crippen molar-refractivity contribution in [2.24, 2.45) is 11.7 Å². The van der Waals surface area contributed by atoms with Crippen LogP contribution in [0, 0.1) is 18.7 Å². The zero-order chi connectivity index (χ0) is 11.0. The predicted octanol–water partition coefficient (Wildman–Crippen LogP) is 1.42. The SMILES string of the molecule is Cc1ccc(F)cc1NC(=O)C1CC1N. The molecular weight excluding hydrogens is 195 g/mol. The van der Waals surface area contributed by atoms with E-state index >= 15 is 0 Å². The molecule has 0 saturated heterocycles. The van der Waals surface area contributed by atoms with Crippen LogP contribution >= 0.6 is 0 Å². The van der Waals surface area contributed by atoms with E-state index in [9.17, 15) is 9.18 Å². The average Bonchev–Trinajstić information content (AvgIpc) is 2.89. The smallest absolute Gasteiger partial charge is 0.229 e. The molecule has 1 fully saturated rings. The molecule has 2 atom stereocenters. The fourth-order valence-corrected chi connectivity index (χ4v) is 1.47. The molecule has 1 aliphatic carbocycles. The topological polar surface area (TPSA) is 55.1 Å². The Morgan fingerprint density at radius 2 is 2.27 bits per heavy atom. The van der Waals surface area contributed by atoms with Crippen LogP contribution in [0.5, 0.6) is 0 Å². The molecule has 80 valence electrons. The molecule has 1 aromatic rings. The van der Waals surface area contributed by atoms with E-state index in [-0.39, 0.29) is 23.7 Å². The molecule has 1 amide bonds. The first-order valence-corrected chi connectivity index (χ1v) is 4.90. The second-order valence-corrected chi connectivity index (χ2v) is 3.95. The summed E-state index contributed by atoms with van der Waals surface area (Å²) in [5.74, 6) is -0.570. The minimum atomic E-state index is -0.351. The molecule has 2 unspecified atom stereocenters. The van der Waals surface area contributed by atoms with E-state index in [1.165, 1.54) is 12.1 Å². The highest BCUT2D eigenvalue weighted by Gasteiger charge is 2.40. The van der Waals surface area contributed by atoms with Crippen molar-refractivity contribution in [3.63, 3.8) is 0 Å². The molecule has 2 rings (SSSR count). The Kier molecular flexibility index (Phi) is 2.44. The lowest BCUT2D eigenvalue weighted by molar-refractivity contribution is -0.117. The Morgan fingerprint density at radius 3 is 2.87 bits per heavy atom. The number of halogens is 1. The number of carbonyl (C=O) groups is 1. The van der Waals surface area contributed by atoms with Crippen LogP contribution in [-0.4, -0.2) is 11.9 Å². The van der Waals surface area contributed by atoms with Crippen LogP contribution in [0.3, 0.4) is 0 Å². The standard InChI is InChI=1S/C11H13FN2O/c1-6-2-3-7(12)4-10(6)14-11(15)8-5-9(8)13/h2-4,8-9H,5,13H2,1H3,(H,14,15). The normalized spacial score (nSPS) is 23.7. The van der Waals surface area contributed by atoms with Crippen molar-refractivity contribution in [3.8, 4) is 0 Å². The van der Waals surface area contributed by atoms with Crippen molar-refractivity contribution >= 4 is 11.6 Å². The second kappa shape index (κ2) is 3.62. The summed E-state index contributed by atoms with van der Waals surface area (Å²) in [6, 6.07) is 4.30. The van der Waals surface area contributed by atoms with Crippen LogP contribution < -0.4 is 11.1 Å². The first-order chi connectivity index (χ1) is 7.08. The summed E-state index contributed by atoms with van der Waals surface area (Å²) in [6.45, 7) is 1.82. The molecule has 0 aliphatic heterocycles. The van der Waals surface area contributed by atoms with Crippen LogP contribution in [0.1, 0.15) is 12.0 Å². The third-order valence-corrected chi connectivity index (χ3v) is 2.63. The van der Waals surface area contributed by atoms with Gasteiger partial charge < -0.3 is 11.1 Å². The first-order valence-electron chi connectivity index (χ1n) is 4.90. The van der Waals surface area contributed by atoms with E-state index in [0.717, 1.165) is 12.0 Å². The zero-order valence-corrected chi connectivity index (χ0v) is 8.46. The minimum absolute atomic E-state index is 0.0288. The molecule has 3 nitrogen and oxygen atoms in total. The quantitative estimate of drug-likeness (QED) is 0.772. The maximum absolute atomic E-state index is 12.9. The number of nitrogens with one attached hydrogen (secondary N) is 1. The molecule has 1 aliphatic rings. The van der Waals surface area contributed by atoms with Crippen LogP contribution in [-0.2, 0) is 4.79 Å². The number of aryl methyl sites for hydroxylation is 1. The van der Waals surface area contributed by atoms with Crippen LogP contribution in [0.4, 0.5) is 10.1 Å². The van der Waals surface area contributed by atoms with Gasteiger partial charge in [0, 0.05) is 11.7 Å². The number of carbonyl (C=O) groups excluding carboxylic acids is 1. The average molecular weight is 208 g/mol. The van der Waals surface area contributed by atoms with Crippen molar-refractivity contribution < 1.29 is 9.18 Å². The molecule has 0 aromatic heterocycles. The molecule has 4 heteroatoms. The Bertz CT molecular complexity index is 406. The van der Waals surface area contributed by atoms with Gasteiger partial charge in [-0.25, -0.2) is 4.39 Å². The van der Waals surface area contributed by atoms with Crippen LogP contribution in [0.2, 0.25) is 0 Å². The summed E-state index contributed by atoms with van der Waals surface area (Å²) < 4.78 is 12.9. The van der Waals surface area contributed by atoms with Gasteiger partial charge >= 0.3 is 0 Å². The van der Waals surface area contributed by atoms with E-state index in [2.05, 4.69) is 5.32 Å². The maximum Gasteiger partial charge on any atom is 0.229 e. The third-order valence-electron chi connectivity index (χ3n) is 2.63. The van der Waals surface area contributed by atoms with Crippen molar-refractivity contribution in [1.82, 2.24) is 0 Å². The van der Waals surface area contributed by atoms with Crippen LogP contribution in [0.25, 0.3) is 0 Å². The van der Waals surface area contributed by atoms with E-state index < -0.39 is 0 Å². The van der Waals surface area contributed by atoms with E-state index in [4.69, 9.17) is 5.73 Å². The molecule has 0 bridgehead atoms. The number of hydrogen-bond donors (Lipinski definition) is 2. The van der Waals surface area contributed by atoms with Gasteiger partial charge in [0.25, 0.3) is 0 Å². The second-order valence-electron chi connectivity index (χ2n) is 3.95. The van der Waals surface area contributed by atoms with Crippen molar-refractivity contribution in [2.75, 3.05) is 5.32 Å². The highest BCUT2D eigenvalue weighted by atomic mass is 19.1. The lowest BCUT2D eigenvalue weighted by atomic mass is 10.2. The number of nitrogens with two attached hydrogens (primary N) is 1. The summed E-state index contributed by atoms with van der Waals surface area (Å²) in [4.78, 5) is 11.5. The predicted molar refractivity (Wildman–Crippen MR) is 55.8 cm³/mol. The third kappa shape index (κ3) is 2.15. The summed E-state index contributed by atoms with van der Waals surface area (Å²) in [7, 11) is 0. The van der Waals surface area contributed by atoms with Crippen molar-refractivity contribution in [3.05, 3.63) is 29.6 Å². The first kappa shape index (κ1) is 10.1. The van der Waals surface area contributed by atoms with Gasteiger partial charge in [-0.2, -0.15) is 0 Å². The van der Waals surface area contributed by atoms with Gasteiger partial charge in [-0.05, 0) is 31.0 Å². The lowest BCUT2D eigenvalue weighted by Crippen LogP contribution is -2.19. The number of benzene rings is 1. The molecule has 0 radical (unpaired) electrons. The van der Waals surface area contributed by atoms with E-state index in [0.29, 0.717) is 5.69 Å². The van der Waals surface area contributed by atoms with E-state index in [1.54, 1.807) is 6.07 Å². The largest absolute Gasteiger partial charge is 0.327 e. The lowest BCUT2D eigenvalue weighted by Gasteiger charge is -2.07. The number of amides is 1. The molecule has 3 N–H and O–H groups in total. The van der Waals surface area contributed by atoms with Gasteiger partial charge in [0.05, 0.1) is 5.92 Å². The van der Waals surface area contributed by atoms with E-state index in [1.807, 2.05) is 6.92 Å². The van der Waals surface area contributed by atoms with Crippen molar-refractivity contribution in [1.29, 1.82) is 0 Å². The Morgan fingerprint density at radius 1 is 1.60 bits per heavy atom. The van der Waals surface area contributed by atoms with Gasteiger partial charge in [-0.3, -0.25) is 4.79 Å². The molecule has 1 saturated carbocycles. The summed E-state index contributed by atoms with van der Waals surface area (Å²) in [6.07, 6.45) is 0.722. The summed E-state index contributed by atoms with van der Waals surface area (Å²) in [5.41, 5.74) is 6.93. The fraction of sp³-hybridized carbons (Fsp3) is 0.364. The molecular formula is C11H13FN2O. The molecule has 0 heterocycles. The van der Waals surface area contributed by atoms with Gasteiger partial charge in [0.1, 0.15) is 5.82 Å². The van der Waals surface area contributed by atoms with Gasteiger partial charge in [0.15, 0.2) is 0 Å². The van der Waals surface area contributed by atoms with Gasteiger partial charge in [0.2, 0.25) is 5.91 Å². The highest BCUT2D eigenvalue weighted by Crippen LogP contribution is 2.29. The number of anilines is 1. The number of rotatable bonds is 2. The van der Waals surface area contributed by atoms with Crippen LogP contribution in [0.15, 0.2) is 18.2 Å². The minimum Gasteiger partial charge on any atom is -0.327 e. The van der Waals surface area contributed by atoms with Gasteiger partial charge in [-0.1, -0.05) is 6.07 Å². The molecule has 0 spiro atoms. The Hall–Kier alpha value is -1.42. The maximum atomic E-state index is 12.9. The zero-order valence-electron chi connectivity index (χ0n) is 8.46. The molecule has 1 aromatic carbocycles. The monoisotopic (exact) mass is 208 g/mol. The van der Waals surface area contributed by atoms with Gasteiger partial charge in [-0.15, -0.1) is 0 Å². The number of hydrogen-bond acceptors (Lipinski definition) is 2. The fourth-order valence-electron chi connectivity index (χ4n) is 1.47. The Balaban J connectivity index is 2.10. The summed E-state index contributed by atoms with van der Waals surface area (Å²) >= 11 is 0.